The molecule has 0 saturated heterocycles. The Morgan fingerprint density at radius 1 is 1.52 bits per heavy atom. The molecule has 1 heterocycles. The third-order valence-corrected chi connectivity index (χ3v) is 3.02. The molecular weight excluding hydrogens is 272 g/mol. The molecule has 1 aliphatic heterocycles. The first-order chi connectivity index (χ1) is 10.0. The minimum Gasteiger partial charge on any atom is -0.508 e. The van der Waals surface area contributed by atoms with Crippen LogP contribution >= 0.6 is 0 Å². The maximum atomic E-state index is 12.2. The summed E-state index contributed by atoms with van der Waals surface area (Å²) in [6.45, 7) is 5.19. The molecule has 110 valence electrons. The fourth-order valence-electron chi connectivity index (χ4n) is 2.13. The van der Waals surface area contributed by atoms with Crippen LogP contribution in [0.5, 0.6) is 5.75 Å². The van der Waals surface area contributed by atoms with Crippen LogP contribution in [0.4, 0.5) is 4.79 Å². The number of aromatic hydroxyl groups is 1. The van der Waals surface area contributed by atoms with Crippen molar-refractivity contribution in [2.24, 2.45) is 0 Å². The number of amides is 2. The summed E-state index contributed by atoms with van der Waals surface area (Å²) in [5.41, 5.74) is 1.30. The van der Waals surface area contributed by atoms with Crippen molar-refractivity contribution in [1.29, 1.82) is 0 Å². The standard InChI is InChI=1S/C15H16N2O4/c1-3-7-21-14(19)12-9(2)16-15(20)17-13(12)10-5-4-6-11(18)8-10/h3-6,8,13,18H,1,7H2,2H3,(H2,16,17,20). The summed E-state index contributed by atoms with van der Waals surface area (Å²) in [6.07, 6.45) is 1.46. The van der Waals surface area contributed by atoms with E-state index >= 15 is 0 Å². The summed E-state index contributed by atoms with van der Waals surface area (Å²) in [5.74, 6) is -0.495. The fraction of sp³-hybridized carbons (Fsp3) is 0.200. The van der Waals surface area contributed by atoms with Crippen LogP contribution in [0.3, 0.4) is 0 Å². The third kappa shape index (κ3) is 3.22. The van der Waals surface area contributed by atoms with E-state index in [0.29, 0.717) is 16.8 Å². The number of esters is 1. The summed E-state index contributed by atoms with van der Waals surface area (Å²) in [4.78, 5) is 23.8. The smallest absolute Gasteiger partial charge is 0.338 e. The summed E-state index contributed by atoms with van der Waals surface area (Å²) in [7, 11) is 0. The van der Waals surface area contributed by atoms with Crippen molar-refractivity contribution in [3.63, 3.8) is 0 Å². The average molecular weight is 288 g/mol. The highest BCUT2D eigenvalue weighted by molar-refractivity contribution is 5.95. The Kier molecular flexibility index (Phi) is 4.27. The van der Waals surface area contributed by atoms with Gasteiger partial charge in [0.25, 0.3) is 0 Å². The van der Waals surface area contributed by atoms with E-state index in [2.05, 4.69) is 17.2 Å². The Balaban J connectivity index is 2.40. The van der Waals surface area contributed by atoms with Crippen LogP contribution in [0.2, 0.25) is 0 Å². The minimum atomic E-state index is -0.678. The molecule has 1 aliphatic rings. The van der Waals surface area contributed by atoms with Gasteiger partial charge in [-0.25, -0.2) is 9.59 Å². The molecule has 0 spiro atoms. The molecule has 2 amide bonds. The van der Waals surface area contributed by atoms with Gasteiger partial charge in [-0.05, 0) is 24.6 Å². The van der Waals surface area contributed by atoms with Crippen molar-refractivity contribution in [1.82, 2.24) is 10.6 Å². The first-order valence-electron chi connectivity index (χ1n) is 6.38. The molecule has 2 rings (SSSR count). The molecule has 1 atom stereocenters. The van der Waals surface area contributed by atoms with Gasteiger partial charge in [-0.15, -0.1) is 0 Å². The minimum absolute atomic E-state index is 0.0525. The van der Waals surface area contributed by atoms with Crippen LogP contribution in [0.15, 0.2) is 48.2 Å². The molecular formula is C15H16N2O4. The number of carbonyl (C=O) groups excluding carboxylic acids is 2. The topological polar surface area (TPSA) is 87.7 Å². The molecule has 1 aromatic carbocycles. The SMILES string of the molecule is C=CCOC(=O)C1=C(C)NC(=O)NC1c1cccc(O)c1. The van der Waals surface area contributed by atoms with E-state index in [9.17, 15) is 14.7 Å². The Hall–Kier alpha value is -2.76. The van der Waals surface area contributed by atoms with Gasteiger partial charge in [0.05, 0.1) is 11.6 Å². The molecule has 1 unspecified atom stereocenters. The van der Waals surface area contributed by atoms with Gasteiger partial charge < -0.3 is 20.5 Å². The highest BCUT2D eigenvalue weighted by Gasteiger charge is 2.32. The molecule has 6 nitrogen and oxygen atoms in total. The van der Waals surface area contributed by atoms with Crippen molar-refractivity contribution >= 4 is 12.0 Å². The van der Waals surface area contributed by atoms with E-state index in [1.807, 2.05) is 0 Å². The second-order valence-corrected chi connectivity index (χ2v) is 4.55. The lowest BCUT2D eigenvalue weighted by Gasteiger charge is -2.28. The summed E-state index contributed by atoms with van der Waals surface area (Å²) < 4.78 is 5.05. The summed E-state index contributed by atoms with van der Waals surface area (Å²) in [5, 5.41) is 14.8. The number of rotatable bonds is 4. The fourth-order valence-corrected chi connectivity index (χ4v) is 2.13. The van der Waals surface area contributed by atoms with Crippen LogP contribution in [0.1, 0.15) is 18.5 Å². The van der Waals surface area contributed by atoms with Gasteiger partial charge in [-0.3, -0.25) is 0 Å². The number of hydrogen-bond acceptors (Lipinski definition) is 4. The zero-order valence-electron chi connectivity index (χ0n) is 11.6. The van der Waals surface area contributed by atoms with Crippen LogP contribution < -0.4 is 10.6 Å². The number of urea groups is 1. The second-order valence-electron chi connectivity index (χ2n) is 4.55. The molecule has 6 heteroatoms. The highest BCUT2D eigenvalue weighted by atomic mass is 16.5. The van der Waals surface area contributed by atoms with Crippen LogP contribution in [0.25, 0.3) is 0 Å². The number of phenolic OH excluding ortho intramolecular Hbond substituents is 1. The van der Waals surface area contributed by atoms with E-state index in [0.717, 1.165) is 0 Å². The molecule has 3 N–H and O–H groups in total. The van der Waals surface area contributed by atoms with E-state index in [4.69, 9.17) is 4.74 Å². The van der Waals surface area contributed by atoms with Crippen LogP contribution in [-0.4, -0.2) is 23.7 Å². The van der Waals surface area contributed by atoms with Gasteiger partial charge >= 0.3 is 12.0 Å². The van der Waals surface area contributed by atoms with Crippen LogP contribution in [0, 0.1) is 0 Å². The monoisotopic (exact) mass is 288 g/mol. The number of benzene rings is 1. The average Bonchev–Trinajstić information content (AvgIpc) is 2.44. The largest absolute Gasteiger partial charge is 0.508 e. The van der Waals surface area contributed by atoms with Gasteiger partial charge in [0, 0.05) is 5.70 Å². The van der Waals surface area contributed by atoms with Gasteiger partial charge in [-0.2, -0.15) is 0 Å². The maximum Gasteiger partial charge on any atom is 0.338 e. The van der Waals surface area contributed by atoms with Gasteiger partial charge in [0.2, 0.25) is 0 Å². The number of hydrogen-bond donors (Lipinski definition) is 3. The van der Waals surface area contributed by atoms with Crippen molar-refractivity contribution in [2.75, 3.05) is 6.61 Å². The lowest BCUT2D eigenvalue weighted by molar-refractivity contribution is -0.138. The van der Waals surface area contributed by atoms with Gasteiger partial charge in [0.15, 0.2) is 0 Å². The van der Waals surface area contributed by atoms with E-state index in [-0.39, 0.29) is 12.4 Å². The Morgan fingerprint density at radius 3 is 2.95 bits per heavy atom. The van der Waals surface area contributed by atoms with Gasteiger partial charge in [0.1, 0.15) is 12.4 Å². The lowest BCUT2D eigenvalue weighted by atomic mass is 9.95. The quantitative estimate of drug-likeness (QED) is 0.582. The van der Waals surface area contributed by atoms with E-state index in [1.165, 1.54) is 18.2 Å². The normalized spacial score (nSPS) is 17.8. The van der Waals surface area contributed by atoms with Gasteiger partial charge in [-0.1, -0.05) is 24.8 Å². The number of allylic oxidation sites excluding steroid dienone is 1. The zero-order chi connectivity index (χ0) is 15.4. The number of ether oxygens (including phenoxy) is 1. The highest BCUT2D eigenvalue weighted by Crippen LogP contribution is 2.29. The van der Waals surface area contributed by atoms with E-state index < -0.39 is 18.0 Å². The Labute approximate surface area is 122 Å². The summed E-state index contributed by atoms with van der Waals surface area (Å²) in [6, 6.07) is 5.26. The predicted molar refractivity (Wildman–Crippen MR) is 76.4 cm³/mol. The van der Waals surface area contributed by atoms with E-state index in [1.54, 1.807) is 19.1 Å². The Bertz CT molecular complexity index is 622. The van der Waals surface area contributed by atoms with Crippen molar-refractivity contribution in [2.45, 2.75) is 13.0 Å². The number of nitrogens with one attached hydrogen (secondary N) is 2. The molecule has 0 aromatic heterocycles. The first kappa shape index (κ1) is 14.6. The molecule has 0 bridgehead atoms. The van der Waals surface area contributed by atoms with Crippen molar-refractivity contribution in [3.05, 3.63) is 53.8 Å². The molecule has 1 aromatic rings. The molecule has 0 fully saturated rings. The number of carbonyl (C=O) groups is 2. The van der Waals surface area contributed by atoms with Crippen LogP contribution in [-0.2, 0) is 9.53 Å². The molecule has 0 radical (unpaired) electrons. The first-order valence-corrected chi connectivity index (χ1v) is 6.38. The maximum absolute atomic E-state index is 12.2. The third-order valence-electron chi connectivity index (χ3n) is 3.02. The molecule has 0 saturated carbocycles. The zero-order valence-corrected chi connectivity index (χ0v) is 11.6. The predicted octanol–water partition coefficient (Wildman–Crippen LogP) is 1.75. The Morgan fingerprint density at radius 2 is 2.29 bits per heavy atom. The second kappa shape index (κ2) is 6.13. The number of phenols is 1. The lowest BCUT2D eigenvalue weighted by Crippen LogP contribution is -2.45. The van der Waals surface area contributed by atoms with Crippen molar-refractivity contribution < 1.29 is 19.4 Å². The molecule has 0 aliphatic carbocycles. The van der Waals surface area contributed by atoms with Crippen molar-refractivity contribution in [3.8, 4) is 5.75 Å². The summed E-state index contributed by atoms with van der Waals surface area (Å²) >= 11 is 0. The molecule has 21 heavy (non-hydrogen) atoms.